The van der Waals surface area contributed by atoms with Gasteiger partial charge < -0.3 is 16.0 Å². The van der Waals surface area contributed by atoms with Gasteiger partial charge in [0.15, 0.2) is 0 Å². The predicted molar refractivity (Wildman–Crippen MR) is 79.0 cm³/mol. The highest BCUT2D eigenvalue weighted by molar-refractivity contribution is 5.83. The number of aromatic amines is 1. The summed E-state index contributed by atoms with van der Waals surface area (Å²) in [6, 6.07) is 0. The molecule has 1 fully saturated rings. The quantitative estimate of drug-likeness (QED) is 0.691. The molecule has 0 unspecified atom stereocenters. The zero-order valence-corrected chi connectivity index (χ0v) is 12.3. The smallest absolute Gasteiger partial charge is 0.227 e. The Morgan fingerprint density at radius 3 is 2.90 bits per heavy atom. The lowest BCUT2D eigenvalue weighted by Gasteiger charge is -2.37. The standard InChI is InChI=1S/C15H26N4O/c1-12-4-6-15(11-16,7-5-12)14(20)19-8-2-3-13-17-9-10-18-13/h9-10,12H,2-8,11,16H2,1H3,(H,17,18)(H,19,20). The summed E-state index contributed by atoms with van der Waals surface area (Å²) in [5.41, 5.74) is 5.57. The van der Waals surface area contributed by atoms with Gasteiger partial charge >= 0.3 is 0 Å². The Bertz CT molecular complexity index is 408. The lowest BCUT2D eigenvalue weighted by atomic mass is 9.70. The lowest BCUT2D eigenvalue weighted by molar-refractivity contribution is -0.132. The van der Waals surface area contributed by atoms with Gasteiger partial charge in [0.2, 0.25) is 5.91 Å². The summed E-state index contributed by atoms with van der Waals surface area (Å²) < 4.78 is 0. The molecule has 1 amide bonds. The minimum atomic E-state index is -0.322. The first-order valence-electron chi connectivity index (χ1n) is 7.63. The van der Waals surface area contributed by atoms with Crippen LogP contribution in [-0.2, 0) is 11.2 Å². The van der Waals surface area contributed by atoms with Gasteiger partial charge in [0.05, 0.1) is 5.41 Å². The van der Waals surface area contributed by atoms with Crippen molar-refractivity contribution >= 4 is 5.91 Å². The molecule has 0 spiro atoms. The monoisotopic (exact) mass is 278 g/mol. The Labute approximate surface area is 120 Å². The highest BCUT2D eigenvalue weighted by Crippen LogP contribution is 2.38. The number of carbonyl (C=O) groups excluding carboxylic acids is 1. The van der Waals surface area contributed by atoms with Crippen LogP contribution in [0.3, 0.4) is 0 Å². The Morgan fingerprint density at radius 2 is 2.30 bits per heavy atom. The first-order valence-corrected chi connectivity index (χ1v) is 7.63. The second-order valence-electron chi connectivity index (χ2n) is 6.06. The van der Waals surface area contributed by atoms with Crippen LogP contribution in [0.15, 0.2) is 12.4 Å². The zero-order chi connectivity index (χ0) is 14.4. The summed E-state index contributed by atoms with van der Waals surface area (Å²) >= 11 is 0. The number of hydrogen-bond donors (Lipinski definition) is 3. The minimum Gasteiger partial charge on any atom is -0.356 e. The molecule has 20 heavy (non-hydrogen) atoms. The molecule has 1 saturated carbocycles. The lowest BCUT2D eigenvalue weighted by Crippen LogP contribution is -2.48. The van der Waals surface area contributed by atoms with Crippen LogP contribution in [-0.4, -0.2) is 29.0 Å². The fourth-order valence-electron chi connectivity index (χ4n) is 2.92. The molecule has 0 bridgehead atoms. The van der Waals surface area contributed by atoms with Crippen molar-refractivity contribution in [2.45, 2.75) is 45.4 Å². The topological polar surface area (TPSA) is 83.8 Å². The first-order chi connectivity index (χ1) is 9.66. The second-order valence-corrected chi connectivity index (χ2v) is 6.06. The number of aryl methyl sites for hydroxylation is 1. The van der Waals surface area contributed by atoms with Crippen molar-refractivity contribution in [3.63, 3.8) is 0 Å². The van der Waals surface area contributed by atoms with Gasteiger partial charge in [-0.15, -0.1) is 0 Å². The molecule has 0 aliphatic heterocycles. The van der Waals surface area contributed by atoms with E-state index in [4.69, 9.17) is 5.73 Å². The number of imidazole rings is 1. The Balaban J connectivity index is 1.75. The molecule has 2 rings (SSSR count). The molecule has 0 saturated heterocycles. The largest absolute Gasteiger partial charge is 0.356 e. The van der Waals surface area contributed by atoms with E-state index in [1.165, 1.54) is 0 Å². The summed E-state index contributed by atoms with van der Waals surface area (Å²) in [4.78, 5) is 19.6. The van der Waals surface area contributed by atoms with Gasteiger partial charge in [0, 0.05) is 31.9 Å². The van der Waals surface area contributed by atoms with Crippen LogP contribution in [0, 0.1) is 11.3 Å². The van der Waals surface area contributed by atoms with Crippen molar-refractivity contribution in [3.05, 3.63) is 18.2 Å². The average molecular weight is 278 g/mol. The van der Waals surface area contributed by atoms with Crippen molar-refractivity contribution in [3.8, 4) is 0 Å². The van der Waals surface area contributed by atoms with Crippen molar-refractivity contribution in [2.75, 3.05) is 13.1 Å². The van der Waals surface area contributed by atoms with Gasteiger partial charge in [0.1, 0.15) is 5.82 Å². The van der Waals surface area contributed by atoms with Crippen LogP contribution in [0.4, 0.5) is 0 Å². The third kappa shape index (κ3) is 3.60. The number of aromatic nitrogens is 2. The average Bonchev–Trinajstić information content (AvgIpc) is 2.98. The van der Waals surface area contributed by atoms with Crippen molar-refractivity contribution in [1.29, 1.82) is 0 Å². The second kappa shape index (κ2) is 6.88. The zero-order valence-electron chi connectivity index (χ0n) is 12.3. The summed E-state index contributed by atoms with van der Waals surface area (Å²) in [6.45, 7) is 3.41. The maximum atomic E-state index is 12.4. The van der Waals surface area contributed by atoms with E-state index in [2.05, 4.69) is 22.2 Å². The minimum absolute atomic E-state index is 0.145. The van der Waals surface area contributed by atoms with E-state index in [0.717, 1.165) is 50.3 Å². The molecule has 0 atom stereocenters. The predicted octanol–water partition coefficient (Wildman–Crippen LogP) is 1.61. The summed E-state index contributed by atoms with van der Waals surface area (Å²) in [5.74, 6) is 1.84. The van der Waals surface area contributed by atoms with E-state index < -0.39 is 0 Å². The van der Waals surface area contributed by atoms with E-state index in [1.54, 1.807) is 6.20 Å². The van der Waals surface area contributed by atoms with Gasteiger partial charge in [-0.25, -0.2) is 4.98 Å². The van der Waals surface area contributed by atoms with E-state index in [1.807, 2.05) is 6.20 Å². The van der Waals surface area contributed by atoms with Crippen LogP contribution in [0.1, 0.15) is 44.9 Å². The van der Waals surface area contributed by atoms with Gasteiger partial charge in [-0.1, -0.05) is 6.92 Å². The number of nitrogens with one attached hydrogen (secondary N) is 2. The molecule has 1 heterocycles. The maximum absolute atomic E-state index is 12.4. The van der Waals surface area contributed by atoms with Crippen LogP contribution in [0.2, 0.25) is 0 Å². The molecule has 112 valence electrons. The highest BCUT2D eigenvalue weighted by Gasteiger charge is 2.39. The molecule has 5 nitrogen and oxygen atoms in total. The fraction of sp³-hybridized carbons (Fsp3) is 0.733. The third-order valence-corrected chi connectivity index (χ3v) is 4.53. The third-order valence-electron chi connectivity index (χ3n) is 4.53. The first kappa shape index (κ1) is 15.0. The molecular weight excluding hydrogens is 252 g/mol. The molecular formula is C15H26N4O. The van der Waals surface area contributed by atoms with Crippen LogP contribution >= 0.6 is 0 Å². The molecule has 0 radical (unpaired) electrons. The van der Waals surface area contributed by atoms with Crippen molar-refractivity contribution in [2.24, 2.45) is 17.1 Å². The number of hydrogen-bond acceptors (Lipinski definition) is 3. The van der Waals surface area contributed by atoms with Crippen LogP contribution in [0.5, 0.6) is 0 Å². The summed E-state index contributed by atoms with van der Waals surface area (Å²) in [6.07, 6.45) is 9.40. The molecule has 0 aromatic carbocycles. The molecule has 1 aliphatic carbocycles. The molecule has 1 aromatic rings. The number of carbonyl (C=O) groups is 1. The maximum Gasteiger partial charge on any atom is 0.227 e. The molecule has 1 aliphatic rings. The summed E-state index contributed by atoms with van der Waals surface area (Å²) in [5, 5.41) is 3.06. The normalized spacial score (nSPS) is 26.4. The van der Waals surface area contributed by atoms with E-state index >= 15 is 0 Å². The van der Waals surface area contributed by atoms with Crippen LogP contribution < -0.4 is 11.1 Å². The number of nitrogens with zero attached hydrogens (tertiary/aromatic N) is 1. The number of rotatable bonds is 6. The number of nitrogens with two attached hydrogens (primary N) is 1. The number of amides is 1. The fourth-order valence-corrected chi connectivity index (χ4v) is 2.92. The Kier molecular flexibility index (Phi) is 5.17. The van der Waals surface area contributed by atoms with Gasteiger partial charge in [-0.05, 0) is 38.0 Å². The highest BCUT2D eigenvalue weighted by atomic mass is 16.2. The van der Waals surface area contributed by atoms with E-state index in [-0.39, 0.29) is 11.3 Å². The van der Waals surface area contributed by atoms with Crippen LogP contribution in [0.25, 0.3) is 0 Å². The Hall–Kier alpha value is -1.36. The van der Waals surface area contributed by atoms with Crippen molar-refractivity contribution < 1.29 is 4.79 Å². The molecule has 5 heteroatoms. The van der Waals surface area contributed by atoms with E-state index in [0.29, 0.717) is 13.1 Å². The van der Waals surface area contributed by atoms with Gasteiger partial charge in [-0.3, -0.25) is 4.79 Å². The van der Waals surface area contributed by atoms with E-state index in [9.17, 15) is 4.79 Å². The number of H-pyrrole nitrogens is 1. The summed E-state index contributed by atoms with van der Waals surface area (Å²) in [7, 11) is 0. The SMILES string of the molecule is CC1CCC(CN)(C(=O)NCCCc2ncc[nH]2)CC1. The van der Waals surface area contributed by atoms with Crippen molar-refractivity contribution in [1.82, 2.24) is 15.3 Å². The van der Waals surface area contributed by atoms with Gasteiger partial charge in [-0.2, -0.15) is 0 Å². The molecule has 4 N–H and O–H groups in total. The molecule has 1 aromatic heterocycles. The van der Waals surface area contributed by atoms with Gasteiger partial charge in [0.25, 0.3) is 0 Å². The Morgan fingerprint density at radius 1 is 1.55 bits per heavy atom.